The normalized spacial score (nSPS) is 28.1. The van der Waals surface area contributed by atoms with Crippen molar-refractivity contribution in [3.05, 3.63) is 43.7 Å². The lowest BCUT2D eigenvalue weighted by atomic mass is 10.2. The van der Waals surface area contributed by atoms with Gasteiger partial charge in [0.25, 0.3) is 5.56 Å². The quantitative estimate of drug-likeness (QED) is 0.827. The second-order valence-electron chi connectivity index (χ2n) is 4.16. The average molecular weight is 317 g/mol. The summed E-state index contributed by atoms with van der Waals surface area (Å²) in [5.74, 6) is 0. The first kappa shape index (κ1) is 13.3. The molecule has 1 aromatic rings. The number of ether oxygens (including phenoxy) is 1. The van der Waals surface area contributed by atoms with Gasteiger partial charge in [0.05, 0.1) is 6.10 Å². The van der Waals surface area contributed by atoms with Crippen molar-refractivity contribution in [2.45, 2.75) is 31.8 Å². The minimum atomic E-state index is -0.678. The van der Waals surface area contributed by atoms with Gasteiger partial charge in [0.2, 0.25) is 0 Å². The molecule has 18 heavy (non-hydrogen) atoms. The second kappa shape index (κ2) is 5.21. The van der Waals surface area contributed by atoms with Crippen LogP contribution in [-0.2, 0) is 4.74 Å². The number of hydrogen-bond acceptors (Lipinski definition) is 4. The number of aromatic amines is 1. The van der Waals surface area contributed by atoms with Crippen molar-refractivity contribution in [2.75, 3.05) is 0 Å². The predicted octanol–water partition coefficient (Wildman–Crippen LogP) is 0.402. The first-order valence-corrected chi connectivity index (χ1v) is 6.37. The van der Waals surface area contributed by atoms with Gasteiger partial charge in [-0.05, 0) is 18.0 Å². The Hall–Kier alpha value is -1.18. The predicted molar refractivity (Wildman–Crippen MR) is 68.7 cm³/mol. The lowest BCUT2D eigenvalue weighted by molar-refractivity contribution is 0.00485. The van der Waals surface area contributed by atoms with E-state index in [0.29, 0.717) is 12.0 Å². The van der Waals surface area contributed by atoms with Crippen LogP contribution < -0.4 is 11.2 Å². The minimum Gasteiger partial charge on any atom is -0.390 e. The van der Waals surface area contributed by atoms with Gasteiger partial charge in [-0.25, -0.2) is 4.79 Å². The van der Waals surface area contributed by atoms with Gasteiger partial charge in [0.1, 0.15) is 12.3 Å². The Morgan fingerprint density at radius 3 is 3.00 bits per heavy atom. The first-order chi connectivity index (χ1) is 8.52. The van der Waals surface area contributed by atoms with E-state index in [0.717, 1.165) is 0 Å². The van der Waals surface area contributed by atoms with Gasteiger partial charge in [-0.1, -0.05) is 15.9 Å². The molecule has 0 unspecified atom stereocenters. The molecule has 2 rings (SSSR count). The first-order valence-electron chi connectivity index (χ1n) is 5.45. The summed E-state index contributed by atoms with van der Waals surface area (Å²) in [5, 5.41) is 9.78. The number of aliphatic hydroxyl groups excluding tert-OH is 1. The second-order valence-corrected chi connectivity index (χ2v) is 4.68. The molecule has 2 N–H and O–H groups in total. The van der Waals surface area contributed by atoms with Gasteiger partial charge in [-0.2, -0.15) is 0 Å². The fourth-order valence-corrected chi connectivity index (χ4v) is 2.19. The van der Waals surface area contributed by atoms with Crippen molar-refractivity contribution in [1.82, 2.24) is 9.55 Å². The molecule has 1 saturated heterocycles. The molecule has 0 aromatic carbocycles. The number of hydrogen-bond donors (Lipinski definition) is 2. The van der Waals surface area contributed by atoms with Crippen molar-refractivity contribution in [1.29, 1.82) is 0 Å². The minimum absolute atomic E-state index is 0.299. The van der Waals surface area contributed by atoms with Crippen molar-refractivity contribution in [2.24, 2.45) is 0 Å². The Labute approximate surface area is 111 Å². The lowest BCUT2D eigenvalue weighted by Crippen LogP contribution is -2.33. The molecule has 0 radical (unpaired) electrons. The van der Waals surface area contributed by atoms with Crippen LogP contribution >= 0.6 is 15.9 Å². The van der Waals surface area contributed by atoms with Crippen LogP contribution in [0.3, 0.4) is 0 Å². The molecule has 0 aliphatic carbocycles. The lowest BCUT2D eigenvalue weighted by Gasteiger charge is -2.14. The Morgan fingerprint density at radius 2 is 2.33 bits per heavy atom. The van der Waals surface area contributed by atoms with Gasteiger partial charge in [-0.3, -0.25) is 14.3 Å². The van der Waals surface area contributed by atoms with Gasteiger partial charge >= 0.3 is 5.69 Å². The van der Waals surface area contributed by atoms with Crippen LogP contribution in [0.15, 0.2) is 26.8 Å². The number of nitrogens with one attached hydrogen (secondary N) is 1. The zero-order valence-electron chi connectivity index (χ0n) is 9.67. The molecule has 0 saturated carbocycles. The number of nitrogens with zero attached hydrogens (tertiary/aromatic N) is 1. The van der Waals surface area contributed by atoms with Gasteiger partial charge < -0.3 is 9.84 Å². The summed E-state index contributed by atoms with van der Waals surface area (Å²) in [4.78, 5) is 26.7. The fraction of sp³-hybridized carbons (Fsp3) is 0.455. The molecule has 6 nitrogen and oxygen atoms in total. The van der Waals surface area contributed by atoms with Crippen molar-refractivity contribution in [3.8, 4) is 0 Å². The number of aromatic nitrogens is 2. The number of halogens is 1. The summed E-state index contributed by atoms with van der Waals surface area (Å²) in [7, 11) is 0. The van der Waals surface area contributed by atoms with Crippen LogP contribution in [0.1, 0.15) is 18.2 Å². The summed E-state index contributed by atoms with van der Waals surface area (Å²) in [6, 6.07) is 0. The summed E-state index contributed by atoms with van der Waals surface area (Å²) in [6.45, 7) is 1.61. The molecule has 1 aromatic heterocycles. The monoisotopic (exact) mass is 316 g/mol. The van der Waals surface area contributed by atoms with E-state index in [1.54, 1.807) is 18.0 Å². The summed E-state index contributed by atoms with van der Waals surface area (Å²) in [5.41, 5.74) is -0.523. The third-order valence-corrected chi connectivity index (χ3v) is 3.16. The van der Waals surface area contributed by atoms with Crippen LogP contribution in [0.4, 0.5) is 0 Å². The van der Waals surface area contributed by atoms with E-state index < -0.39 is 29.7 Å². The maximum absolute atomic E-state index is 11.7. The molecule has 3 atom stereocenters. The summed E-state index contributed by atoms with van der Waals surface area (Å²) in [6.07, 6.45) is 1.69. The molecule has 1 fully saturated rings. The Kier molecular flexibility index (Phi) is 3.84. The summed E-state index contributed by atoms with van der Waals surface area (Å²) < 4.78 is 6.84. The third kappa shape index (κ3) is 2.47. The van der Waals surface area contributed by atoms with E-state index in [1.807, 2.05) is 0 Å². The largest absolute Gasteiger partial charge is 0.390 e. The Balaban J connectivity index is 2.32. The van der Waals surface area contributed by atoms with Crippen LogP contribution in [-0.4, -0.2) is 26.9 Å². The highest BCUT2D eigenvalue weighted by atomic mass is 79.9. The van der Waals surface area contributed by atoms with E-state index in [2.05, 4.69) is 20.9 Å². The van der Waals surface area contributed by atoms with Crippen molar-refractivity contribution < 1.29 is 9.84 Å². The molecule has 2 heterocycles. The molecule has 0 bridgehead atoms. The number of rotatable bonds is 2. The SMILES string of the molecule is Cc1cn([C@H]2C[C@H](O)[C@@H](/C=C/Br)O2)c(=O)[nH]c1=O. The van der Waals surface area contributed by atoms with E-state index in [4.69, 9.17) is 4.74 Å². The summed E-state index contributed by atoms with van der Waals surface area (Å²) >= 11 is 3.11. The maximum Gasteiger partial charge on any atom is 0.330 e. The standard InChI is InChI=1S/C11H13BrN2O4/c1-6-5-14(11(17)13-10(6)16)9-4-7(15)8(18-9)2-3-12/h2-3,5,7-9,15H,4H2,1H3,(H,13,16,17)/b3-2+/t7-,8+,9+/m0/s1. The van der Waals surface area contributed by atoms with E-state index in [-0.39, 0.29) is 0 Å². The van der Waals surface area contributed by atoms with E-state index in [1.165, 1.54) is 10.8 Å². The zero-order valence-corrected chi connectivity index (χ0v) is 11.3. The van der Waals surface area contributed by atoms with E-state index >= 15 is 0 Å². The zero-order chi connectivity index (χ0) is 13.3. The molecule has 1 aliphatic heterocycles. The highest BCUT2D eigenvalue weighted by Crippen LogP contribution is 2.28. The highest BCUT2D eigenvalue weighted by molar-refractivity contribution is 9.11. The van der Waals surface area contributed by atoms with Crippen LogP contribution in [0.5, 0.6) is 0 Å². The fourth-order valence-electron chi connectivity index (χ4n) is 1.89. The smallest absolute Gasteiger partial charge is 0.330 e. The molecular weight excluding hydrogens is 304 g/mol. The van der Waals surface area contributed by atoms with Crippen LogP contribution in [0, 0.1) is 6.92 Å². The average Bonchev–Trinajstić information content (AvgIpc) is 2.66. The van der Waals surface area contributed by atoms with Crippen LogP contribution in [0.2, 0.25) is 0 Å². The van der Waals surface area contributed by atoms with E-state index in [9.17, 15) is 14.7 Å². The highest BCUT2D eigenvalue weighted by Gasteiger charge is 2.33. The van der Waals surface area contributed by atoms with Gasteiger partial charge in [0, 0.05) is 18.2 Å². The molecular formula is C11H13BrN2O4. The molecule has 1 aliphatic rings. The Morgan fingerprint density at radius 1 is 1.61 bits per heavy atom. The molecule has 98 valence electrons. The van der Waals surface area contributed by atoms with Crippen molar-refractivity contribution >= 4 is 15.9 Å². The van der Waals surface area contributed by atoms with Crippen molar-refractivity contribution in [3.63, 3.8) is 0 Å². The molecule has 0 amide bonds. The number of aryl methyl sites for hydroxylation is 1. The maximum atomic E-state index is 11.7. The molecule has 7 heteroatoms. The topological polar surface area (TPSA) is 84.3 Å². The number of H-pyrrole nitrogens is 1. The van der Waals surface area contributed by atoms with Gasteiger partial charge in [0.15, 0.2) is 0 Å². The van der Waals surface area contributed by atoms with Gasteiger partial charge in [-0.15, -0.1) is 0 Å². The van der Waals surface area contributed by atoms with Crippen LogP contribution in [0.25, 0.3) is 0 Å². The Bertz CT molecular complexity index is 577. The number of aliphatic hydroxyl groups is 1. The third-order valence-electron chi connectivity index (χ3n) is 2.86. The molecule has 0 spiro atoms.